The second-order valence-corrected chi connectivity index (χ2v) is 4.32. The van der Waals surface area contributed by atoms with Crippen LogP contribution in [0.1, 0.15) is 30.3 Å². The molecule has 5 nitrogen and oxygen atoms in total. The van der Waals surface area contributed by atoms with Gasteiger partial charge in [-0.2, -0.15) is 0 Å². The molecule has 1 aromatic rings. The van der Waals surface area contributed by atoms with Crippen molar-refractivity contribution in [2.75, 3.05) is 19.7 Å². The summed E-state index contributed by atoms with van der Waals surface area (Å²) >= 11 is 0. The van der Waals surface area contributed by atoms with Gasteiger partial charge in [0, 0.05) is 13.1 Å². The van der Waals surface area contributed by atoms with Gasteiger partial charge in [-0.05, 0) is 31.9 Å². The van der Waals surface area contributed by atoms with Gasteiger partial charge in [0.25, 0.3) is 5.91 Å². The van der Waals surface area contributed by atoms with Gasteiger partial charge < -0.3 is 14.1 Å². The van der Waals surface area contributed by atoms with Crippen molar-refractivity contribution in [3.63, 3.8) is 0 Å². The van der Waals surface area contributed by atoms with Gasteiger partial charge in [-0.15, -0.1) is 0 Å². The number of hydrogen-bond donors (Lipinski definition) is 0. The quantitative estimate of drug-likeness (QED) is 0.767. The van der Waals surface area contributed by atoms with Crippen molar-refractivity contribution in [3.8, 4) is 0 Å². The predicted octanol–water partition coefficient (Wildman–Crippen LogP) is 1.69. The molecule has 2 rings (SSSR count). The first-order chi connectivity index (χ1) is 8.72. The van der Waals surface area contributed by atoms with Crippen LogP contribution in [-0.2, 0) is 9.53 Å². The molecule has 1 saturated heterocycles. The van der Waals surface area contributed by atoms with E-state index in [1.807, 2.05) is 0 Å². The Morgan fingerprint density at radius 3 is 3.06 bits per heavy atom. The first-order valence-electron chi connectivity index (χ1n) is 6.21. The molecule has 1 amide bonds. The fraction of sp³-hybridized carbons (Fsp3) is 0.538. The molecule has 0 saturated carbocycles. The smallest absolute Gasteiger partial charge is 0.310 e. The second-order valence-electron chi connectivity index (χ2n) is 4.32. The average Bonchev–Trinajstić information content (AvgIpc) is 2.92. The lowest BCUT2D eigenvalue weighted by Gasteiger charge is -2.30. The zero-order chi connectivity index (χ0) is 13.0. The number of furan rings is 1. The third kappa shape index (κ3) is 2.72. The third-order valence-corrected chi connectivity index (χ3v) is 3.06. The molecule has 0 radical (unpaired) electrons. The first-order valence-corrected chi connectivity index (χ1v) is 6.21. The molecule has 0 spiro atoms. The lowest BCUT2D eigenvalue weighted by molar-refractivity contribution is -0.149. The lowest BCUT2D eigenvalue weighted by atomic mass is 9.98. The van der Waals surface area contributed by atoms with Crippen LogP contribution in [0, 0.1) is 5.92 Å². The zero-order valence-electron chi connectivity index (χ0n) is 10.4. The predicted molar refractivity (Wildman–Crippen MR) is 64.0 cm³/mol. The lowest BCUT2D eigenvalue weighted by Crippen LogP contribution is -2.42. The van der Waals surface area contributed by atoms with Gasteiger partial charge in [0.15, 0.2) is 5.76 Å². The average molecular weight is 251 g/mol. The van der Waals surface area contributed by atoms with E-state index in [2.05, 4.69) is 0 Å². The summed E-state index contributed by atoms with van der Waals surface area (Å²) in [4.78, 5) is 25.4. The standard InChI is InChI=1S/C13H17NO4/c1-2-17-13(16)10-5-3-7-14(9-10)12(15)11-6-4-8-18-11/h4,6,8,10H,2-3,5,7,9H2,1H3/t10-/m1/s1. The maximum atomic E-state index is 12.1. The van der Waals surface area contributed by atoms with Gasteiger partial charge in [-0.3, -0.25) is 9.59 Å². The van der Waals surface area contributed by atoms with E-state index in [1.165, 1.54) is 6.26 Å². The number of nitrogens with zero attached hydrogens (tertiary/aromatic N) is 1. The van der Waals surface area contributed by atoms with Gasteiger partial charge in [-0.1, -0.05) is 0 Å². The Morgan fingerprint density at radius 1 is 1.56 bits per heavy atom. The largest absolute Gasteiger partial charge is 0.466 e. The highest BCUT2D eigenvalue weighted by atomic mass is 16.5. The van der Waals surface area contributed by atoms with Gasteiger partial charge in [0.05, 0.1) is 18.8 Å². The van der Waals surface area contributed by atoms with E-state index in [-0.39, 0.29) is 17.8 Å². The number of esters is 1. The molecule has 1 aromatic heterocycles. The molecular formula is C13H17NO4. The van der Waals surface area contributed by atoms with E-state index in [4.69, 9.17) is 9.15 Å². The summed E-state index contributed by atoms with van der Waals surface area (Å²) in [5.74, 6) is -0.263. The van der Waals surface area contributed by atoms with E-state index in [1.54, 1.807) is 24.0 Å². The van der Waals surface area contributed by atoms with Crippen molar-refractivity contribution in [1.29, 1.82) is 0 Å². The van der Waals surface area contributed by atoms with Crippen LogP contribution < -0.4 is 0 Å². The topological polar surface area (TPSA) is 59.8 Å². The Balaban J connectivity index is 1.98. The zero-order valence-corrected chi connectivity index (χ0v) is 10.4. The summed E-state index contributed by atoms with van der Waals surface area (Å²) in [5, 5.41) is 0. The number of piperidine rings is 1. The summed E-state index contributed by atoms with van der Waals surface area (Å²) in [6.45, 7) is 3.24. The van der Waals surface area contributed by atoms with Crippen LogP contribution in [0.25, 0.3) is 0 Å². The summed E-state index contributed by atoms with van der Waals surface area (Å²) in [6, 6.07) is 3.32. The fourth-order valence-electron chi connectivity index (χ4n) is 2.17. The second kappa shape index (κ2) is 5.71. The number of carbonyl (C=O) groups is 2. The van der Waals surface area contributed by atoms with Crippen LogP contribution >= 0.6 is 0 Å². The summed E-state index contributed by atoms with van der Waals surface area (Å²) in [5.41, 5.74) is 0. The van der Waals surface area contributed by atoms with Crippen molar-refractivity contribution in [3.05, 3.63) is 24.2 Å². The van der Waals surface area contributed by atoms with Crippen LogP contribution in [-0.4, -0.2) is 36.5 Å². The van der Waals surface area contributed by atoms with E-state index < -0.39 is 0 Å². The van der Waals surface area contributed by atoms with Gasteiger partial charge in [0.2, 0.25) is 0 Å². The van der Waals surface area contributed by atoms with Gasteiger partial charge in [0.1, 0.15) is 0 Å². The Kier molecular flexibility index (Phi) is 4.02. The number of ether oxygens (including phenoxy) is 1. The molecule has 1 atom stereocenters. The molecule has 1 aliphatic heterocycles. The summed E-state index contributed by atoms with van der Waals surface area (Å²) < 4.78 is 10.1. The number of likely N-dealkylation sites (tertiary alicyclic amines) is 1. The minimum atomic E-state index is -0.213. The van der Waals surface area contributed by atoms with Gasteiger partial charge >= 0.3 is 5.97 Å². The molecular weight excluding hydrogens is 234 g/mol. The number of carbonyl (C=O) groups excluding carboxylic acids is 2. The van der Waals surface area contributed by atoms with Crippen LogP contribution in [0.3, 0.4) is 0 Å². The van der Waals surface area contributed by atoms with Crippen molar-refractivity contribution < 1.29 is 18.7 Å². The highest BCUT2D eigenvalue weighted by molar-refractivity contribution is 5.91. The van der Waals surface area contributed by atoms with Crippen molar-refractivity contribution in [1.82, 2.24) is 4.90 Å². The van der Waals surface area contributed by atoms with Crippen molar-refractivity contribution in [2.45, 2.75) is 19.8 Å². The van der Waals surface area contributed by atoms with Gasteiger partial charge in [-0.25, -0.2) is 0 Å². The molecule has 0 aromatic carbocycles. The normalized spacial score (nSPS) is 19.6. The van der Waals surface area contributed by atoms with E-state index in [0.29, 0.717) is 25.5 Å². The number of hydrogen-bond acceptors (Lipinski definition) is 4. The van der Waals surface area contributed by atoms with Crippen LogP contribution in [0.15, 0.2) is 22.8 Å². The summed E-state index contributed by atoms with van der Waals surface area (Å²) in [6.07, 6.45) is 3.07. The van der Waals surface area contributed by atoms with E-state index >= 15 is 0 Å². The number of amides is 1. The SMILES string of the molecule is CCOC(=O)[C@@H]1CCCN(C(=O)c2ccco2)C1. The molecule has 0 bridgehead atoms. The molecule has 0 unspecified atom stereocenters. The first kappa shape index (κ1) is 12.7. The molecule has 0 aliphatic carbocycles. The van der Waals surface area contributed by atoms with Crippen LogP contribution in [0.4, 0.5) is 0 Å². The maximum Gasteiger partial charge on any atom is 0.310 e. The highest BCUT2D eigenvalue weighted by Crippen LogP contribution is 2.20. The molecule has 18 heavy (non-hydrogen) atoms. The Bertz CT molecular complexity index is 413. The molecule has 5 heteroatoms. The molecule has 2 heterocycles. The maximum absolute atomic E-state index is 12.1. The molecule has 1 aliphatic rings. The molecule has 0 N–H and O–H groups in total. The minimum Gasteiger partial charge on any atom is -0.466 e. The highest BCUT2D eigenvalue weighted by Gasteiger charge is 2.30. The Hall–Kier alpha value is -1.78. The van der Waals surface area contributed by atoms with E-state index in [9.17, 15) is 9.59 Å². The van der Waals surface area contributed by atoms with Crippen molar-refractivity contribution in [2.24, 2.45) is 5.92 Å². The Labute approximate surface area is 106 Å². The minimum absolute atomic E-state index is 0.158. The third-order valence-electron chi connectivity index (χ3n) is 3.06. The number of rotatable bonds is 3. The van der Waals surface area contributed by atoms with Crippen LogP contribution in [0.5, 0.6) is 0 Å². The molecule has 98 valence electrons. The Morgan fingerprint density at radius 2 is 2.39 bits per heavy atom. The van der Waals surface area contributed by atoms with E-state index in [0.717, 1.165) is 12.8 Å². The summed E-state index contributed by atoms with van der Waals surface area (Å²) in [7, 11) is 0. The fourth-order valence-corrected chi connectivity index (χ4v) is 2.17. The monoisotopic (exact) mass is 251 g/mol. The van der Waals surface area contributed by atoms with Crippen molar-refractivity contribution >= 4 is 11.9 Å². The van der Waals surface area contributed by atoms with Crippen LogP contribution in [0.2, 0.25) is 0 Å². The molecule has 1 fully saturated rings.